The van der Waals surface area contributed by atoms with Crippen molar-refractivity contribution in [3.05, 3.63) is 54.2 Å². The number of benzene rings is 1. The van der Waals surface area contributed by atoms with Crippen LogP contribution in [0.4, 0.5) is 0 Å². The van der Waals surface area contributed by atoms with Crippen molar-refractivity contribution >= 4 is 29.2 Å². The molecule has 2 rings (SSSR count). The Morgan fingerprint density at radius 3 is 2.76 bits per heavy atom. The van der Waals surface area contributed by atoms with Gasteiger partial charge >= 0.3 is 0 Å². The molecule has 2 N–H and O–H groups in total. The number of primary amides is 1. The van der Waals surface area contributed by atoms with E-state index in [9.17, 15) is 4.79 Å². The molecule has 3 nitrogen and oxygen atoms in total. The van der Waals surface area contributed by atoms with E-state index in [1.54, 1.807) is 6.20 Å². The fraction of sp³-hybridized carbons (Fsp3) is 0.0769. The van der Waals surface area contributed by atoms with Crippen molar-refractivity contribution in [3.8, 4) is 0 Å². The Hall–Kier alpha value is -1.87. The van der Waals surface area contributed by atoms with E-state index in [0.29, 0.717) is 12.0 Å². The van der Waals surface area contributed by atoms with Gasteiger partial charge in [-0.1, -0.05) is 24.8 Å². The highest BCUT2D eigenvalue weighted by Gasteiger charge is 2.06. The van der Waals surface area contributed by atoms with E-state index in [4.69, 9.17) is 5.73 Å². The molecule has 0 fully saturated rings. The first-order valence-corrected chi connectivity index (χ1v) is 4.98. The van der Waals surface area contributed by atoms with Crippen molar-refractivity contribution in [2.45, 2.75) is 6.42 Å². The SMILES string of the molecule is C=C(Cc1cccc2ncccc12)C(N)=O.Cl. The molecule has 0 aliphatic heterocycles. The second-order valence-electron chi connectivity index (χ2n) is 3.63. The van der Waals surface area contributed by atoms with E-state index in [2.05, 4.69) is 11.6 Å². The molecule has 17 heavy (non-hydrogen) atoms. The van der Waals surface area contributed by atoms with Crippen LogP contribution in [0.5, 0.6) is 0 Å². The summed E-state index contributed by atoms with van der Waals surface area (Å²) in [7, 11) is 0. The monoisotopic (exact) mass is 248 g/mol. The summed E-state index contributed by atoms with van der Waals surface area (Å²) < 4.78 is 0. The molecule has 0 aliphatic carbocycles. The van der Waals surface area contributed by atoms with Crippen molar-refractivity contribution in [3.63, 3.8) is 0 Å². The average molecular weight is 249 g/mol. The van der Waals surface area contributed by atoms with E-state index in [1.165, 1.54) is 0 Å². The van der Waals surface area contributed by atoms with Gasteiger partial charge in [-0.15, -0.1) is 12.4 Å². The molecular formula is C13H13ClN2O. The van der Waals surface area contributed by atoms with Crippen molar-refractivity contribution in [2.24, 2.45) is 5.73 Å². The van der Waals surface area contributed by atoms with Crippen LogP contribution in [0.3, 0.4) is 0 Å². The molecule has 0 bridgehead atoms. The summed E-state index contributed by atoms with van der Waals surface area (Å²) >= 11 is 0. The molecule has 2 aromatic rings. The highest BCUT2D eigenvalue weighted by atomic mass is 35.5. The number of nitrogens with zero attached hydrogens (tertiary/aromatic N) is 1. The van der Waals surface area contributed by atoms with Crippen molar-refractivity contribution in [1.29, 1.82) is 0 Å². The largest absolute Gasteiger partial charge is 0.366 e. The summed E-state index contributed by atoms with van der Waals surface area (Å²) in [5.74, 6) is -0.458. The first-order chi connectivity index (χ1) is 7.68. The van der Waals surface area contributed by atoms with E-state index in [1.807, 2.05) is 30.3 Å². The van der Waals surface area contributed by atoms with Crippen LogP contribution in [0.25, 0.3) is 10.9 Å². The molecule has 0 unspecified atom stereocenters. The van der Waals surface area contributed by atoms with Gasteiger partial charge in [0, 0.05) is 23.6 Å². The number of aromatic nitrogens is 1. The quantitative estimate of drug-likeness (QED) is 0.847. The zero-order chi connectivity index (χ0) is 11.5. The molecule has 0 saturated heterocycles. The zero-order valence-corrected chi connectivity index (χ0v) is 10.0. The summed E-state index contributed by atoms with van der Waals surface area (Å²) in [4.78, 5) is 15.2. The van der Waals surface area contributed by atoms with Crippen LogP contribution in [-0.2, 0) is 11.2 Å². The minimum absolute atomic E-state index is 0. The Morgan fingerprint density at radius 1 is 1.29 bits per heavy atom. The number of carbonyl (C=O) groups excluding carboxylic acids is 1. The maximum Gasteiger partial charge on any atom is 0.244 e. The minimum Gasteiger partial charge on any atom is -0.366 e. The molecule has 4 heteroatoms. The lowest BCUT2D eigenvalue weighted by Gasteiger charge is -2.05. The minimum atomic E-state index is -0.458. The van der Waals surface area contributed by atoms with Crippen molar-refractivity contribution in [2.75, 3.05) is 0 Å². The van der Waals surface area contributed by atoms with Gasteiger partial charge in [0.05, 0.1) is 5.52 Å². The Morgan fingerprint density at radius 2 is 2.06 bits per heavy atom. The molecular weight excluding hydrogens is 236 g/mol. The average Bonchev–Trinajstić information content (AvgIpc) is 2.29. The lowest BCUT2D eigenvalue weighted by atomic mass is 10.0. The van der Waals surface area contributed by atoms with Crippen LogP contribution in [0.15, 0.2) is 48.7 Å². The maximum atomic E-state index is 10.9. The highest BCUT2D eigenvalue weighted by Crippen LogP contribution is 2.18. The van der Waals surface area contributed by atoms with Crippen LogP contribution >= 0.6 is 12.4 Å². The standard InChI is InChI=1S/C13H12N2O.ClH/c1-9(13(14)16)8-10-4-2-6-12-11(10)5-3-7-15-12;/h2-7H,1,8H2,(H2,14,16);1H. The van der Waals surface area contributed by atoms with Crippen LogP contribution in [0.2, 0.25) is 0 Å². The highest BCUT2D eigenvalue weighted by molar-refractivity contribution is 5.93. The lowest BCUT2D eigenvalue weighted by Crippen LogP contribution is -2.14. The molecule has 1 aromatic carbocycles. The molecule has 0 radical (unpaired) electrons. The number of rotatable bonds is 3. The molecule has 1 heterocycles. The topological polar surface area (TPSA) is 56.0 Å². The predicted molar refractivity (Wildman–Crippen MR) is 71.0 cm³/mol. The van der Waals surface area contributed by atoms with Crippen molar-refractivity contribution < 1.29 is 4.79 Å². The van der Waals surface area contributed by atoms with Crippen LogP contribution < -0.4 is 5.73 Å². The summed E-state index contributed by atoms with van der Waals surface area (Å²) in [5, 5.41) is 1.03. The Labute approximate surface area is 106 Å². The Balaban J connectivity index is 0.00000144. The predicted octanol–water partition coefficient (Wildman–Crippen LogP) is 2.24. The second-order valence-corrected chi connectivity index (χ2v) is 3.63. The van der Waals surface area contributed by atoms with Gasteiger partial charge in [-0.25, -0.2) is 0 Å². The number of nitrogens with two attached hydrogens (primary N) is 1. The third-order valence-electron chi connectivity index (χ3n) is 2.49. The third-order valence-corrected chi connectivity index (χ3v) is 2.49. The van der Waals surface area contributed by atoms with Gasteiger partial charge < -0.3 is 5.73 Å². The Kier molecular flexibility index (Phi) is 4.24. The van der Waals surface area contributed by atoms with Crippen molar-refractivity contribution in [1.82, 2.24) is 4.98 Å². The molecule has 0 aliphatic rings. The Bertz CT molecular complexity index is 561. The molecule has 0 saturated carbocycles. The molecule has 0 atom stereocenters. The zero-order valence-electron chi connectivity index (χ0n) is 9.22. The van der Waals surface area contributed by atoms with E-state index in [0.717, 1.165) is 16.5 Å². The fourth-order valence-electron chi connectivity index (χ4n) is 1.64. The number of pyridine rings is 1. The second kappa shape index (κ2) is 5.46. The number of fused-ring (bicyclic) bond motifs is 1. The summed E-state index contributed by atoms with van der Waals surface area (Å²) in [5.41, 5.74) is 7.52. The van der Waals surface area contributed by atoms with Crippen LogP contribution in [0.1, 0.15) is 5.56 Å². The lowest BCUT2D eigenvalue weighted by molar-refractivity contribution is -0.114. The maximum absolute atomic E-state index is 10.9. The fourth-order valence-corrected chi connectivity index (χ4v) is 1.64. The molecule has 88 valence electrons. The van der Waals surface area contributed by atoms with Gasteiger partial charge in [0.25, 0.3) is 0 Å². The summed E-state index contributed by atoms with van der Waals surface area (Å²) in [6.45, 7) is 3.66. The van der Waals surface area contributed by atoms with Crippen LogP contribution in [0, 0.1) is 0 Å². The summed E-state index contributed by atoms with van der Waals surface area (Å²) in [6.07, 6.45) is 2.22. The van der Waals surface area contributed by atoms with E-state index < -0.39 is 5.91 Å². The van der Waals surface area contributed by atoms with Gasteiger partial charge in [-0.2, -0.15) is 0 Å². The normalized spacial score (nSPS) is 9.65. The molecule has 0 spiro atoms. The van der Waals surface area contributed by atoms with Gasteiger partial charge in [-0.05, 0) is 17.7 Å². The van der Waals surface area contributed by atoms with Gasteiger partial charge in [0.2, 0.25) is 5.91 Å². The van der Waals surface area contributed by atoms with E-state index >= 15 is 0 Å². The smallest absolute Gasteiger partial charge is 0.244 e. The van der Waals surface area contributed by atoms with Gasteiger partial charge in [-0.3, -0.25) is 9.78 Å². The summed E-state index contributed by atoms with van der Waals surface area (Å²) in [6, 6.07) is 9.66. The number of hydrogen-bond donors (Lipinski definition) is 1. The van der Waals surface area contributed by atoms with Gasteiger partial charge in [0.15, 0.2) is 0 Å². The number of hydrogen-bond acceptors (Lipinski definition) is 2. The van der Waals surface area contributed by atoms with E-state index in [-0.39, 0.29) is 12.4 Å². The number of amides is 1. The number of carbonyl (C=O) groups is 1. The number of halogens is 1. The molecule has 1 amide bonds. The third kappa shape index (κ3) is 2.82. The molecule has 1 aromatic heterocycles. The first kappa shape index (κ1) is 13.2. The van der Waals surface area contributed by atoms with Crippen LogP contribution in [-0.4, -0.2) is 10.9 Å². The first-order valence-electron chi connectivity index (χ1n) is 4.98. The van der Waals surface area contributed by atoms with Gasteiger partial charge in [0.1, 0.15) is 0 Å².